The van der Waals surface area contributed by atoms with E-state index in [9.17, 15) is 14.3 Å². The Balaban J connectivity index is 3.94. The van der Waals surface area contributed by atoms with Gasteiger partial charge in [0.1, 0.15) is 13.2 Å². The van der Waals surface area contributed by atoms with Gasteiger partial charge in [-0.25, -0.2) is 4.57 Å². The van der Waals surface area contributed by atoms with Crippen LogP contribution in [0.4, 0.5) is 0 Å². The highest BCUT2D eigenvalue weighted by Crippen LogP contribution is 2.44. The van der Waals surface area contributed by atoms with Gasteiger partial charge in [-0.2, -0.15) is 0 Å². The Bertz CT molecular complexity index is 385. The van der Waals surface area contributed by atoms with Crippen LogP contribution < -0.4 is 5.32 Å². The molecule has 21 heavy (non-hydrogen) atoms. The van der Waals surface area contributed by atoms with Crippen LogP contribution in [-0.2, 0) is 18.4 Å². The number of quaternary nitrogens is 1. The predicted octanol–water partition coefficient (Wildman–Crippen LogP) is 1.30. The van der Waals surface area contributed by atoms with E-state index in [2.05, 4.69) is 11.9 Å². The van der Waals surface area contributed by atoms with E-state index < -0.39 is 7.82 Å². The molecule has 1 atom stereocenters. The second kappa shape index (κ2) is 9.33. The van der Waals surface area contributed by atoms with Crippen molar-refractivity contribution in [1.82, 2.24) is 5.32 Å². The Labute approximate surface area is 127 Å². The first-order chi connectivity index (χ1) is 9.58. The molecule has 0 aliphatic heterocycles. The molecule has 0 aromatic heterocycles. The summed E-state index contributed by atoms with van der Waals surface area (Å²) in [4.78, 5) is 20.4. The van der Waals surface area contributed by atoms with E-state index in [0.29, 0.717) is 17.6 Å². The summed E-state index contributed by atoms with van der Waals surface area (Å²) in [5.41, 5.74) is 0. The zero-order chi connectivity index (χ0) is 16.5. The number of rotatable bonds is 11. The van der Waals surface area contributed by atoms with Gasteiger partial charge in [-0.3, -0.25) is 13.8 Å². The Kier molecular flexibility index (Phi) is 9.01. The number of likely N-dealkylation sites (N-methyl/N-ethyl adjacent to an activating group) is 1. The summed E-state index contributed by atoms with van der Waals surface area (Å²) in [5.74, 6) is -0.185. The van der Waals surface area contributed by atoms with Crippen LogP contribution >= 0.6 is 7.82 Å². The number of phosphoric ester groups is 1. The molecule has 0 spiro atoms. The Morgan fingerprint density at radius 3 is 2.57 bits per heavy atom. The van der Waals surface area contributed by atoms with Gasteiger partial charge in [0.2, 0.25) is 5.91 Å². The predicted molar refractivity (Wildman–Crippen MR) is 81.7 cm³/mol. The van der Waals surface area contributed by atoms with Crippen LogP contribution in [0.1, 0.15) is 20.3 Å². The lowest BCUT2D eigenvalue weighted by Crippen LogP contribution is -2.44. The molecule has 0 rings (SSSR count). The molecular weight excluding hydrogens is 295 g/mol. The maximum Gasteiger partial charge on any atom is 0.472 e. The number of carbonyl (C=O) groups is 1. The zero-order valence-electron chi connectivity index (χ0n) is 13.4. The van der Waals surface area contributed by atoms with E-state index in [1.807, 2.05) is 14.1 Å². The molecule has 0 aromatic carbocycles. The maximum atomic E-state index is 11.5. The van der Waals surface area contributed by atoms with Crippen LogP contribution in [0.5, 0.6) is 0 Å². The number of nitrogens with one attached hydrogen (secondary N) is 1. The SMILES string of the molecule is C=CC(=O)NCCC[N+](C)(C)CCOP(=O)(O)OC(C)C. The number of hydrogen-bond donors (Lipinski definition) is 2. The van der Waals surface area contributed by atoms with Crippen molar-refractivity contribution in [3.63, 3.8) is 0 Å². The molecule has 1 unspecified atom stereocenters. The van der Waals surface area contributed by atoms with Crippen molar-refractivity contribution in [1.29, 1.82) is 0 Å². The fourth-order valence-electron chi connectivity index (χ4n) is 1.60. The largest absolute Gasteiger partial charge is 0.472 e. The van der Waals surface area contributed by atoms with Gasteiger partial charge in [-0.05, 0) is 19.9 Å². The highest BCUT2D eigenvalue weighted by atomic mass is 31.2. The minimum Gasteiger partial charge on any atom is -0.352 e. The van der Waals surface area contributed by atoms with Crippen molar-refractivity contribution in [3.05, 3.63) is 12.7 Å². The van der Waals surface area contributed by atoms with Gasteiger partial charge in [0.15, 0.2) is 0 Å². The molecule has 8 heteroatoms. The molecule has 0 aromatic rings. The average molecular weight is 323 g/mol. The molecule has 0 bridgehead atoms. The second-order valence-electron chi connectivity index (χ2n) is 5.69. The third kappa shape index (κ3) is 11.6. The number of carbonyl (C=O) groups excluding carboxylic acids is 1. The Morgan fingerprint density at radius 1 is 1.43 bits per heavy atom. The van der Waals surface area contributed by atoms with Gasteiger partial charge in [0, 0.05) is 13.0 Å². The van der Waals surface area contributed by atoms with Gasteiger partial charge < -0.3 is 14.7 Å². The fraction of sp³-hybridized carbons (Fsp3) is 0.769. The molecule has 124 valence electrons. The topological polar surface area (TPSA) is 84.9 Å². The quantitative estimate of drug-likeness (QED) is 0.259. The van der Waals surface area contributed by atoms with Crippen LogP contribution in [0.15, 0.2) is 12.7 Å². The summed E-state index contributed by atoms with van der Waals surface area (Å²) in [6, 6.07) is 0. The van der Waals surface area contributed by atoms with Crippen molar-refractivity contribution in [3.8, 4) is 0 Å². The van der Waals surface area contributed by atoms with Gasteiger partial charge in [0.05, 0.1) is 26.7 Å². The smallest absolute Gasteiger partial charge is 0.352 e. The summed E-state index contributed by atoms with van der Waals surface area (Å²) in [7, 11) is 0.0190. The Morgan fingerprint density at radius 2 is 2.05 bits per heavy atom. The van der Waals surface area contributed by atoms with Crippen molar-refractivity contribution < 1.29 is 27.8 Å². The van der Waals surface area contributed by atoms with Gasteiger partial charge in [-0.1, -0.05) is 6.58 Å². The molecule has 0 aliphatic rings. The maximum absolute atomic E-state index is 11.5. The summed E-state index contributed by atoms with van der Waals surface area (Å²) in [5, 5.41) is 2.70. The number of amides is 1. The third-order valence-electron chi connectivity index (χ3n) is 2.72. The lowest BCUT2D eigenvalue weighted by Gasteiger charge is -2.30. The first-order valence-electron chi connectivity index (χ1n) is 6.96. The molecule has 0 heterocycles. The van der Waals surface area contributed by atoms with Crippen LogP contribution in [0.3, 0.4) is 0 Å². The van der Waals surface area contributed by atoms with Crippen LogP contribution in [0, 0.1) is 0 Å². The van der Waals surface area contributed by atoms with E-state index in [4.69, 9.17) is 9.05 Å². The van der Waals surface area contributed by atoms with Crippen LogP contribution in [-0.4, -0.2) is 61.7 Å². The molecule has 0 fully saturated rings. The van der Waals surface area contributed by atoms with Gasteiger partial charge in [0.25, 0.3) is 0 Å². The summed E-state index contributed by atoms with van der Waals surface area (Å²) in [6.07, 6.45) is 1.67. The first-order valence-corrected chi connectivity index (χ1v) is 8.45. The van der Waals surface area contributed by atoms with E-state index in [0.717, 1.165) is 13.0 Å². The minimum absolute atomic E-state index is 0.131. The number of hydrogen-bond acceptors (Lipinski definition) is 4. The second-order valence-corrected chi connectivity index (χ2v) is 7.09. The summed E-state index contributed by atoms with van der Waals surface area (Å²) >= 11 is 0. The first kappa shape index (κ1) is 20.3. The van der Waals surface area contributed by atoms with Crippen molar-refractivity contribution in [2.45, 2.75) is 26.4 Å². The van der Waals surface area contributed by atoms with Crippen LogP contribution in [0.2, 0.25) is 0 Å². The summed E-state index contributed by atoms with van der Waals surface area (Å²) < 4.78 is 21.9. The van der Waals surface area contributed by atoms with Gasteiger partial charge in [-0.15, -0.1) is 0 Å². The highest BCUT2D eigenvalue weighted by Gasteiger charge is 2.24. The monoisotopic (exact) mass is 323 g/mol. The zero-order valence-corrected chi connectivity index (χ0v) is 14.3. The van der Waals surface area contributed by atoms with E-state index in [-0.39, 0.29) is 18.6 Å². The molecular formula is C13H28N2O5P+. The van der Waals surface area contributed by atoms with Gasteiger partial charge >= 0.3 is 7.82 Å². The lowest BCUT2D eigenvalue weighted by atomic mass is 10.3. The number of phosphoric acid groups is 1. The third-order valence-corrected chi connectivity index (χ3v) is 3.92. The molecule has 0 saturated heterocycles. The molecule has 0 saturated carbocycles. The molecule has 7 nitrogen and oxygen atoms in total. The molecule has 0 radical (unpaired) electrons. The van der Waals surface area contributed by atoms with Crippen molar-refractivity contribution in [2.24, 2.45) is 0 Å². The lowest BCUT2D eigenvalue weighted by molar-refractivity contribution is -0.890. The fourth-order valence-corrected chi connectivity index (χ4v) is 2.51. The molecule has 1 amide bonds. The van der Waals surface area contributed by atoms with Crippen LogP contribution in [0.25, 0.3) is 0 Å². The van der Waals surface area contributed by atoms with Crippen molar-refractivity contribution >= 4 is 13.7 Å². The standard InChI is InChI=1S/C13H27N2O5P/c1-6-13(16)14-8-7-9-15(4,5)10-11-19-21(17,18)20-12(2)3/h6,12H,1,7-11H2,2-5H3,(H-,14,16,17,18)/p+1. The molecule has 2 N–H and O–H groups in total. The van der Waals surface area contributed by atoms with E-state index in [1.54, 1.807) is 13.8 Å². The highest BCUT2D eigenvalue weighted by molar-refractivity contribution is 7.47. The van der Waals surface area contributed by atoms with Crippen molar-refractivity contribution in [2.75, 3.05) is 40.3 Å². The minimum atomic E-state index is -3.96. The normalized spacial score (nSPS) is 14.8. The van der Waals surface area contributed by atoms with E-state index in [1.165, 1.54) is 6.08 Å². The Hall–Kier alpha value is -0.720. The molecule has 0 aliphatic carbocycles. The number of nitrogens with zero attached hydrogens (tertiary/aromatic N) is 1. The average Bonchev–Trinajstić information content (AvgIpc) is 2.32. The van der Waals surface area contributed by atoms with E-state index >= 15 is 0 Å². The summed E-state index contributed by atoms with van der Waals surface area (Å²) in [6.45, 7) is 8.80.